The summed E-state index contributed by atoms with van der Waals surface area (Å²) in [5.41, 5.74) is 0. The van der Waals surface area contributed by atoms with Gasteiger partial charge in [0.2, 0.25) is 0 Å². The van der Waals surface area contributed by atoms with Crippen LogP contribution in [0.3, 0.4) is 0 Å². The van der Waals surface area contributed by atoms with Gasteiger partial charge in [0.25, 0.3) is 0 Å². The minimum absolute atomic E-state index is 0.0413. The first-order valence-corrected chi connectivity index (χ1v) is 15.5. The summed E-state index contributed by atoms with van der Waals surface area (Å²) in [6, 6.07) is 26.7. The van der Waals surface area contributed by atoms with Crippen molar-refractivity contribution in [2.45, 2.75) is 39.5 Å². The lowest BCUT2D eigenvalue weighted by Crippen LogP contribution is -2.22. The zero-order valence-electron chi connectivity index (χ0n) is 19.2. The first kappa shape index (κ1) is 24.6. The molecule has 0 aliphatic carbocycles. The predicted molar refractivity (Wildman–Crippen MR) is 138 cm³/mol. The van der Waals surface area contributed by atoms with E-state index in [9.17, 15) is 9.13 Å². The van der Waals surface area contributed by atoms with Crippen LogP contribution in [0.4, 0.5) is 0 Å². The lowest BCUT2D eigenvalue weighted by atomic mass is 10.3. The summed E-state index contributed by atoms with van der Waals surface area (Å²) in [5, 5.41) is 2.34. The van der Waals surface area contributed by atoms with E-state index >= 15 is 0 Å². The van der Waals surface area contributed by atoms with E-state index in [4.69, 9.17) is 4.74 Å². The molecule has 0 fully saturated rings. The normalized spacial score (nSPS) is 11.9. The molecular formula is C27H34O3P2. The third kappa shape index (κ3) is 5.83. The molecule has 0 unspecified atom stereocenters. The Kier molecular flexibility index (Phi) is 8.97. The van der Waals surface area contributed by atoms with E-state index in [1.165, 1.54) is 0 Å². The molecule has 0 N–H and O–H groups in total. The largest absolute Gasteiger partial charge is 0.484 e. The molecule has 3 rings (SSSR count). The topological polar surface area (TPSA) is 43.4 Å². The van der Waals surface area contributed by atoms with Crippen LogP contribution in [0.5, 0.6) is 5.75 Å². The maximum atomic E-state index is 14.3. The van der Waals surface area contributed by atoms with Crippen LogP contribution in [-0.2, 0) is 9.13 Å². The molecule has 0 aromatic heterocycles. The SMILES string of the molecule is CCCCP(=O)(CCCC)c1ccccc1OCP(=O)(c1ccccc1)c1ccccc1. The molecule has 0 atom stereocenters. The quantitative estimate of drug-likeness (QED) is 0.280. The lowest BCUT2D eigenvalue weighted by Gasteiger charge is -2.24. The summed E-state index contributed by atoms with van der Waals surface area (Å²) < 4.78 is 34.7. The third-order valence-electron chi connectivity index (χ3n) is 5.80. The van der Waals surface area contributed by atoms with Crippen LogP contribution in [-0.4, -0.2) is 18.7 Å². The number of hydrogen-bond donors (Lipinski definition) is 0. The van der Waals surface area contributed by atoms with Gasteiger partial charge < -0.3 is 13.9 Å². The molecule has 3 nitrogen and oxygen atoms in total. The highest BCUT2D eigenvalue weighted by atomic mass is 31.2. The van der Waals surface area contributed by atoms with Crippen molar-refractivity contribution in [3.63, 3.8) is 0 Å². The van der Waals surface area contributed by atoms with Crippen molar-refractivity contribution in [1.29, 1.82) is 0 Å². The Morgan fingerprint density at radius 2 is 1.12 bits per heavy atom. The van der Waals surface area contributed by atoms with Crippen LogP contribution in [0, 0.1) is 0 Å². The summed E-state index contributed by atoms with van der Waals surface area (Å²) in [5.74, 6) is 0.607. The van der Waals surface area contributed by atoms with Gasteiger partial charge in [-0.2, -0.15) is 0 Å². The average Bonchev–Trinajstić information content (AvgIpc) is 2.86. The summed E-state index contributed by atoms with van der Waals surface area (Å²) in [6.45, 7) is 4.26. The maximum Gasteiger partial charge on any atom is 0.178 e. The van der Waals surface area contributed by atoms with Gasteiger partial charge >= 0.3 is 0 Å². The number of benzene rings is 3. The Bertz CT molecular complexity index is 1010. The number of ether oxygens (including phenoxy) is 1. The van der Waals surface area contributed by atoms with Crippen LogP contribution in [0.25, 0.3) is 0 Å². The van der Waals surface area contributed by atoms with E-state index in [1.807, 2.05) is 84.9 Å². The zero-order valence-corrected chi connectivity index (χ0v) is 20.9. The fourth-order valence-corrected chi connectivity index (χ4v) is 9.37. The number of para-hydroxylation sites is 1. The van der Waals surface area contributed by atoms with Gasteiger partial charge in [0, 0.05) is 22.9 Å². The summed E-state index contributed by atoms with van der Waals surface area (Å²) in [4.78, 5) is 0. The van der Waals surface area contributed by atoms with Gasteiger partial charge in [0.1, 0.15) is 19.2 Å². The van der Waals surface area contributed by atoms with Gasteiger partial charge in [0.15, 0.2) is 7.14 Å². The second-order valence-electron chi connectivity index (χ2n) is 8.20. The third-order valence-corrected chi connectivity index (χ3v) is 11.9. The van der Waals surface area contributed by atoms with Gasteiger partial charge in [-0.05, 0) is 25.0 Å². The molecule has 170 valence electrons. The van der Waals surface area contributed by atoms with E-state index in [-0.39, 0.29) is 6.35 Å². The van der Waals surface area contributed by atoms with Crippen molar-refractivity contribution in [2.75, 3.05) is 18.7 Å². The molecule has 0 aliphatic heterocycles. The second kappa shape index (κ2) is 11.7. The van der Waals surface area contributed by atoms with Crippen LogP contribution in [0.2, 0.25) is 0 Å². The fourth-order valence-electron chi connectivity index (χ4n) is 3.89. The number of hydrogen-bond acceptors (Lipinski definition) is 3. The minimum Gasteiger partial charge on any atom is -0.484 e. The maximum absolute atomic E-state index is 14.3. The second-order valence-corrected chi connectivity index (χ2v) is 14.1. The van der Waals surface area contributed by atoms with Crippen LogP contribution in [0.1, 0.15) is 39.5 Å². The van der Waals surface area contributed by atoms with Crippen molar-refractivity contribution >= 4 is 30.2 Å². The molecule has 32 heavy (non-hydrogen) atoms. The van der Waals surface area contributed by atoms with Crippen molar-refractivity contribution in [3.8, 4) is 5.75 Å². The molecule has 0 amide bonds. The molecule has 5 heteroatoms. The van der Waals surface area contributed by atoms with Crippen molar-refractivity contribution in [2.24, 2.45) is 0 Å². The smallest absolute Gasteiger partial charge is 0.178 e. The van der Waals surface area contributed by atoms with Gasteiger partial charge in [-0.1, -0.05) is 99.5 Å². The highest BCUT2D eigenvalue weighted by Gasteiger charge is 2.31. The molecule has 3 aromatic carbocycles. The lowest BCUT2D eigenvalue weighted by molar-refractivity contribution is 0.382. The van der Waals surface area contributed by atoms with Crippen molar-refractivity contribution in [3.05, 3.63) is 84.9 Å². The van der Waals surface area contributed by atoms with Crippen LogP contribution >= 0.6 is 14.3 Å². The monoisotopic (exact) mass is 468 g/mol. The molecule has 0 saturated heterocycles. The molecular weight excluding hydrogens is 434 g/mol. The summed E-state index contributed by atoms with van der Waals surface area (Å²) >= 11 is 0. The predicted octanol–water partition coefficient (Wildman–Crippen LogP) is 6.63. The average molecular weight is 469 g/mol. The van der Waals surface area contributed by atoms with Gasteiger partial charge in [-0.25, -0.2) is 0 Å². The van der Waals surface area contributed by atoms with Crippen molar-refractivity contribution < 1.29 is 13.9 Å². The van der Waals surface area contributed by atoms with Crippen LogP contribution in [0.15, 0.2) is 84.9 Å². The Morgan fingerprint density at radius 3 is 1.62 bits per heavy atom. The molecule has 0 aliphatic rings. The Morgan fingerprint density at radius 1 is 0.656 bits per heavy atom. The summed E-state index contributed by atoms with van der Waals surface area (Å²) in [7, 11) is -5.60. The number of unbranched alkanes of at least 4 members (excludes halogenated alkanes) is 2. The molecule has 3 aromatic rings. The fraction of sp³-hybridized carbons (Fsp3) is 0.333. The van der Waals surface area contributed by atoms with Crippen molar-refractivity contribution in [1.82, 2.24) is 0 Å². The molecule has 0 heterocycles. The van der Waals surface area contributed by atoms with E-state index < -0.39 is 14.3 Å². The van der Waals surface area contributed by atoms with Crippen LogP contribution < -0.4 is 20.7 Å². The Balaban J connectivity index is 1.96. The Labute approximate surface area is 193 Å². The van der Waals surface area contributed by atoms with E-state index in [1.54, 1.807) is 0 Å². The summed E-state index contributed by atoms with van der Waals surface area (Å²) in [6.07, 6.45) is 5.31. The molecule has 0 bridgehead atoms. The van der Waals surface area contributed by atoms with E-state index in [2.05, 4.69) is 13.8 Å². The Hall–Kier alpha value is -2.08. The first-order chi connectivity index (χ1) is 15.5. The van der Waals surface area contributed by atoms with Gasteiger partial charge in [-0.3, -0.25) is 0 Å². The van der Waals surface area contributed by atoms with Gasteiger partial charge in [0.05, 0.1) is 5.30 Å². The molecule has 0 saturated carbocycles. The standard InChI is InChI=1S/C27H34O3P2/c1-3-5-21-31(28,22-6-4-2)27-20-14-13-19-26(27)30-23-32(29,24-15-9-7-10-16-24)25-17-11-8-12-18-25/h7-20H,3-6,21-23H2,1-2H3. The zero-order chi connectivity index (χ0) is 22.9. The molecule has 0 spiro atoms. The van der Waals surface area contributed by atoms with E-state index in [0.717, 1.165) is 41.6 Å². The highest BCUT2D eigenvalue weighted by molar-refractivity contribution is 7.78. The highest BCUT2D eigenvalue weighted by Crippen LogP contribution is 2.50. The van der Waals surface area contributed by atoms with E-state index in [0.29, 0.717) is 18.1 Å². The van der Waals surface area contributed by atoms with Gasteiger partial charge in [-0.15, -0.1) is 0 Å². The molecule has 0 radical (unpaired) electrons. The minimum atomic E-state index is -3.02. The number of rotatable bonds is 12. The first-order valence-electron chi connectivity index (χ1n) is 11.5.